The molecule has 0 aromatic heterocycles. The van der Waals surface area contributed by atoms with E-state index in [0.717, 1.165) is 15.6 Å². The molecule has 0 saturated heterocycles. The summed E-state index contributed by atoms with van der Waals surface area (Å²) >= 11 is 3.37. The zero-order valence-corrected chi connectivity index (χ0v) is 15.3. The minimum Gasteiger partial charge on any atom is -0.478 e. The number of nitrogen functional groups attached to an aromatic ring is 1. The fourth-order valence-electron chi connectivity index (χ4n) is 2.28. The predicted molar refractivity (Wildman–Crippen MR) is 97.8 cm³/mol. The number of hydrogen-bond donors (Lipinski definition) is 2. The summed E-state index contributed by atoms with van der Waals surface area (Å²) in [5, 5.41) is 2.88. The van der Waals surface area contributed by atoms with Crippen molar-refractivity contribution in [3.63, 3.8) is 0 Å². The third kappa shape index (κ3) is 4.26. The number of amides is 1. The Kier molecular flexibility index (Phi) is 5.00. The van der Waals surface area contributed by atoms with Crippen molar-refractivity contribution in [1.29, 1.82) is 0 Å². The van der Waals surface area contributed by atoms with E-state index in [9.17, 15) is 4.79 Å². The van der Waals surface area contributed by atoms with Gasteiger partial charge in [0.1, 0.15) is 5.75 Å². The molecule has 4 nitrogen and oxygen atoms in total. The zero-order valence-electron chi connectivity index (χ0n) is 13.7. The lowest BCUT2D eigenvalue weighted by atomic mass is 10.1. The maximum Gasteiger partial charge on any atom is 0.268 e. The number of halogens is 1. The molecule has 5 heteroatoms. The summed E-state index contributed by atoms with van der Waals surface area (Å²) in [7, 11) is 0. The van der Waals surface area contributed by atoms with Gasteiger partial charge in [0.15, 0.2) is 5.60 Å². The van der Waals surface area contributed by atoms with E-state index < -0.39 is 5.60 Å². The third-order valence-corrected chi connectivity index (χ3v) is 4.01. The minimum absolute atomic E-state index is 0.251. The van der Waals surface area contributed by atoms with Gasteiger partial charge in [-0.05, 0) is 69.2 Å². The van der Waals surface area contributed by atoms with E-state index in [1.165, 1.54) is 0 Å². The van der Waals surface area contributed by atoms with E-state index in [0.29, 0.717) is 17.1 Å². The highest BCUT2D eigenvalue weighted by Crippen LogP contribution is 2.27. The van der Waals surface area contributed by atoms with Gasteiger partial charge in [0.05, 0.1) is 11.4 Å². The molecule has 0 saturated carbocycles. The molecule has 0 aliphatic rings. The molecule has 0 radical (unpaired) electrons. The van der Waals surface area contributed by atoms with Gasteiger partial charge in [-0.2, -0.15) is 0 Å². The van der Waals surface area contributed by atoms with Crippen LogP contribution in [0.5, 0.6) is 5.75 Å². The van der Waals surface area contributed by atoms with Crippen molar-refractivity contribution in [3.8, 4) is 5.75 Å². The molecular formula is C18H21BrN2O2. The van der Waals surface area contributed by atoms with Crippen molar-refractivity contribution >= 4 is 33.2 Å². The summed E-state index contributed by atoms with van der Waals surface area (Å²) in [6, 6.07) is 11.2. The topological polar surface area (TPSA) is 64.3 Å². The molecule has 0 aliphatic carbocycles. The number of ether oxygens (including phenoxy) is 1. The van der Waals surface area contributed by atoms with Gasteiger partial charge in [-0.15, -0.1) is 0 Å². The normalized spacial score (nSPS) is 11.2. The molecule has 1 amide bonds. The van der Waals surface area contributed by atoms with Crippen molar-refractivity contribution in [2.75, 3.05) is 11.1 Å². The summed E-state index contributed by atoms with van der Waals surface area (Å²) in [5.74, 6) is 0.376. The Hall–Kier alpha value is -2.01. The second-order valence-corrected chi connectivity index (χ2v) is 6.98. The minimum atomic E-state index is -1.03. The molecule has 0 aliphatic heterocycles. The zero-order chi connectivity index (χ0) is 17.2. The molecule has 0 unspecified atom stereocenters. The van der Waals surface area contributed by atoms with Crippen LogP contribution in [0.25, 0.3) is 0 Å². The molecule has 0 heterocycles. The first-order valence-electron chi connectivity index (χ1n) is 7.32. The lowest BCUT2D eigenvalue weighted by Gasteiger charge is -2.26. The molecular weight excluding hydrogens is 356 g/mol. The number of nitrogens with two attached hydrogens (primary N) is 1. The van der Waals surface area contributed by atoms with Crippen LogP contribution in [0.1, 0.15) is 25.0 Å². The van der Waals surface area contributed by atoms with Gasteiger partial charge in [-0.3, -0.25) is 4.79 Å². The number of carbonyl (C=O) groups is 1. The van der Waals surface area contributed by atoms with Gasteiger partial charge in [-0.25, -0.2) is 0 Å². The number of hydrogen-bond acceptors (Lipinski definition) is 3. The van der Waals surface area contributed by atoms with E-state index in [2.05, 4.69) is 21.2 Å². The molecule has 0 spiro atoms. The average molecular weight is 377 g/mol. The van der Waals surface area contributed by atoms with Crippen LogP contribution in [0.3, 0.4) is 0 Å². The van der Waals surface area contributed by atoms with E-state index in [-0.39, 0.29) is 5.91 Å². The maximum absolute atomic E-state index is 12.6. The van der Waals surface area contributed by atoms with Crippen molar-refractivity contribution in [2.45, 2.75) is 33.3 Å². The van der Waals surface area contributed by atoms with Crippen molar-refractivity contribution in [3.05, 3.63) is 52.0 Å². The van der Waals surface area contributed by atoms with Gasteiger partial charge in [0.2, 0.25) is 0 Å². The van der Waals surface area contributed by atoms with E-state index in [4.69, 9.17) is 10.5 Å². The fourth-order valence-corrected chi connectivity index (χ4v) is 2.54. The number of anilines is 2. The highest BCUT2D eigenvalue weighted by molar-refractivity contribution is 9.10. The quantitative estimate of drug-likeness (QED) is 0.774. The van der Waals surface area contributed by atoms with Crippen molar-refractivity contribution in [1.82, 2.24) is 0 Å². The first kappa shape index (κ1) is 17.3. The summed E-state index contributed by atoms with van der Waals surface area (Å²) in [6.07, 6.45) is 0. The Morgan fingerprint density at radius 2 is 1.78 bits per heavy atom. The maximum atomic E-state index is 12.6. The highest BCUT2D eigenvalue weighted by atomic mass is 79.9. The summed E-state index contributed by atoms with van der Waals surface area (Å²) in [6.45, 7) is 7.34. The Labute approximate surface area is 145 Å². The van der Waals surface area contributed by atoms with Crippen LogP contribution < -0.4 is 15.8 Å². The Morgan fingerprint density at radius 3 is 2.35 bits per heavy atom. The van der Waals surface area contributed by atoms with Gasteiger partial charge < -0.3 is 15.8 Å². The summed E-state index contributed by atoms with van der Waals surface area (Å²) < 4.78 is 6.77. The van der Waals surface area contributed by atoms with Crippen LogP contribution in [0.15, 0.2) is 40.9 Å². The van der Waals surface area contributed by atoms with Crippen molar-refractivity contribution in [2.24, 2.45) is 0 Å². The standard InChI is InChI=1S/C18H21BrN2O2/c1-11-9-12(2)16(15(20)10-11)21-17(22)18(3,4)23-14-7-5-13(19)6-8-14/h5-10H,20H2,1-4H3,(H,21,22). The van der Waals surface area contributed by atoms with Crippen LogP contribution in [0.4, 0.5) is 11.4 Å². The molecule has 0 fully saturated rings. The fraction of sp³-hybridized carbons (Fsp3) is 0.278. The molecule has 2 aromatic carbocycles. The van der Waals surface area contributed by atoms with Crippen LogP contribution in [0, 0.1) is 13.8 Å². The van der Waals surface area contributed by atoms with Gasteiger partial charge >= 0.3 is 0 Å². The second kappa shape index (κ2) is 6.62. The summed E-state index contributed by atoms with van der Waals surface area (Å²) in [4.78, 5) is 12.6. The Bertz CT molecular complexity index is 701. The van der Waals surface area contributed by atoms with Crippen molar-refractivity contribution < 1.29 is 9.53 Å². The lowest BCUT2D eigenvalue weighted by Crippen LogP contribution is -2.42. The SMILES string of the molecule is Cc1cc(C)c(NC(=O)C(C)(C)Oc2ccc(Br)cc2)c(N)c1. The smallest absolute Gasteiger partial charge is 0.268 e. The van der Waals surface area contributed by atoms with E-state index in [1.54, 1.807) is 13.8 Å². The molecule has 0 atom stereocenters. The molecule has 3 N–H and O–H groups in total. The molecule has 122 valence electrons. The number of benzene rings is 2. The second-order valence-electron chi connectivity index (χ2n) is 6.07. The molecule has 23 heavy (non-hydrogen) atoms. The predicted octanol–water partition coefficient (Wildman–Crippen LogP) is 4.44. The molecule has 0 bridgehead atoms. The number of nitrogens with one attached hydrogen (secondary N) is 1. The summed E-state index contributed by atoms with van der Waals surface area (Å²) in [5.41, 5.74) is 8.16. The number of aryl methyl sites for hydroxylation is 2. The van der Waals surface area contributed by atoms with Crippen LogP contribution >= 0.6 is 15.9 Å². The van der Waals surface area contributed by atoms with Gasteiger partial charge in [-0.1, -0.05) is 22.0 Å². The lowest BCUT2D eigenvalue weighted by molar-refractivity contribution is -0.128. The van der Waals surface area contributed by atoms with E-state index in [1.807, 2.05) is 50.2 Å². The van der Waals surface area contributed by atoms with Crippen LogP contribution in [-0.4, -0.2) is 11.5 Å². The van der Waals surface area contributed by atoms with Crippen LogP contribution in [-0.2, 0) is 4.79 Å². The van der Waals surface area contributed by atoms with Crippen LogP contribution in [0.2, 0.25) is 0 Å². The van der Waals surface area contributed by atoms with E-state index >= 15 is 0 Å². The molecule has 2 aromatic rings. The third-order valence-electron chi connectivity index (χ3n) is 3.48. The Morgan fingerprint density at radius 1 is 1.17 bits per heavy atom. The van der Waals surface area contributed by atoms with Gasteiger partial charge in [0.25, 0.3) is 5.91 Å². The monoisotopic (exact) mass is 376 g/mol. The average Bonchev–Trinajstić information content (AvgIpc) is 2.44. The first-order valence-corrected chi connectivity index (χ1v) is 8.11. The first-order chi connectivity index (χ1) is 10.7. The number of carbonyl (C=O) groups excluding carboxylic acids is 1. The largest absolute Gasteiger partial charge is 0.478 e. The molecule has 2 rings (SSSR count). The highest BCUT2D eigenvalue weighted by Gasteiger charge is 2.30. The Balaban J connectivity index is 2.17. The van der Waals surface area contributed by atoms with Gasteiger partial charge in [0, 0.05) is 4.47 Å². The number of rotatable bonds is 4.